The van der Waals surface area contributed by atoms with Gasteiger partial charge in [0.05, 0.1) is 0 Å². The predicted octanol–water partition coefficient (Wildman–Crippen LogP) is 3.38. The average Bonchev–Trinajstić information content (AvgIpc) is 3.05. The molecule has 6 nitrogen and oxygen atoms in total. The molecule has 0 aliphatic heterocycles. The Morgan fingerprint density at radius 1 is 1.04 bits per heavy atom. The van der Waals surface area contributed by atoms with Gasteiger partial charge < -0.3 is 15.4 Å². The number of amides is 2. The van der Waals surface area contributed by atoms with Gasteiger partial charge in [0.2, 0.25) is 5.91 Å². The molecule has 2 N–H and O–H groups in total. The first-order valence-corrected chi connectivity index (χ1v) is 9.29. The van der Waals surface area contributed by atoms with Gasteiger partial charge in [0.1, 0.15) is 4.88 Å². The molecule has 0 saturated carbocycles. The van der Waals surface area contributed by atoms with Crippen molar-refractivity contribution in [3.05, 3.63) is 45.6 Å². The normalized spacial score (nSPS) is 12.8. The van der Waals surface area contributed by atoms with Crippen molar-refractivity contribution in [2.24, 2.45) is 0 Å². The molecule has 0 unspecified atom stereocenters. The minimum atomic E-state index is -0.458. The number of thiophene rings is 1. The zero-order chi connectivity index (χ0) is 18.5. The highest BCUT2D eigenvalue weighted by Gasteiger charge is 2.18. The molecule has 2 amide bonds. The molecule has 0 radical (unpaired) electrons. The Balaban J connectivity index is 1.49. The number of hydrogen-bond acceptors (Lipinski definition) is 5. The van der Waals surface area contributed by atoms with Gasteiger partial charge in [-0.3, -0.25) is 9.59 Å². The van der Waals surface area contributed by atoms with Crippen molar-refractivity contribution in [1.29, 1.82) is 0 Å². The summed E-state index contributed by atoms with van der Waals surface area (Å²) >= 11 is 1.46. The molecule has 0 bridgehead atoms. The SMILES string of the molecule is CC(=O)Nc1ccc(NC(=O)COC(=O)c2cc3c(s2)CCCC3)cc1. The molecule has 136 valence electrons. The summed E-state index contributed by atoms with van der Waals surface area (Å²) in [5.74, 6) is -1.03. The standard InChI is InChI=1S/C19H20N2O4S/c1-12(22)20-14-6-8-15(9-7-14)21-18(23)11-25-19(24)17-10-13-4-2-3-5-16(13)26-17/h6-10H,2-5,11H2,1H3,(H,20,22)(H,21,23). The van der Waals surface area contributed by atoms with Crippen LogP contribution < -0.4 is 10.6 Å². The molecular formula is C19H20N2O4S. The quantitative estimate of drug-likeness (QED) is 0.788. The van der Waals surface area contributed by atoms with Gasteiger partial charge >= 0.3 is 5.97 Å². The molecule has 0 fully saturated rings. The van der Waals surface area contributed by atoms with Gasteiger partial charge in [-0.1, -0.05) is 0 Å². The molecule has 2 aromatic rings. The van der Waals surface area contributed by atoms with Crippen LogP contribution in [-0.2, 0) is 27.2 Å². The van der Waals surface area contributed by atoms with Crippen LogP contribution in [0.1, 0.15) is 39.9 Å². The summed E-state index contributed by atoms with van der Waals surface area (Å²) in [4.78, 5) is 36.9. The fraction of sp³-hybridized carbons (Fsp3) is 0.316. The largest absolute Gasteiger partial charge is 0.451 e. The number of aryl methyl sites for hydroxylation is 2. The van der Waals surface area contributed by atoms with Crippen LogP contribution in [0.4, 0.5) is 11.4 Å². The third kappa shape index (κ3) is 4.70. The predicted molar refractivity (Wildman–Crippen MR) is 101 cm³/mol. The zero-order valence-corrected chi connectivity index (χ0v) is 15.3. The van der Waals surface area contributed by atoms with E-state index < -0.39 is 11.9 Å². The number of carbonyl (C=O) groups is 3. The number of esters is 1. The second kappa shape index (κ2) is 8.14. The van der Waals surface area contributed by atoms with E-state index in [1.807, 2.05) is 6.07 Å². The highest BCUT2D eigenvalue weighted by Crippen LogP contribution is 2.30. The maximum atomic E-state index is 12.1. The zero-order valence-electron chi connectivity index (χ0n) is 14.5. The lowest BCUT2D eigenvalue weighted by Crippen LogP contribution is -2.20. The van der Waals surface area contributed by atoms with E-state index in [2.05, 4.69) is 10.6 Å². The van der Waals surface area contributed by atoms with Gasteiger partial charge in [-0.25, -0.2) is 4.79 Å². The Kier molecular flexibility index (Phi) is 5.68. The van der Waals surface area contributed by atoms with Gasteiger partial charge in [-0.05, 0) is 61.6 Å². The number of ether oxygens (including phenoxy) is 1. The lowest BCUT2D eigenvalue weighted by Gasteiger charge is -2.08. The molecule has 7 heteroatoms. The Bertz CT molecular complexity index is 803. The van der Waals surface area contributed by atoms with Crippen LogP contribution in [0.5, 0.6) is 0 Å². The second-order valence-corrected chi connectivity index (χ2v) is 7.29. The summed E-state index contributed by atoms with van der Waals surface area (Å²) in [5.41, 5.74) is 2.44. The fourth-order valence-electron chi connectivity index (χ4n) is 2.83. The van der Waals surface area contributed by atoms with Crippen LogP contribution in [0.15, 0.2) is 30.3 Å². The molecule has 0 saturated heterocycles. The van der Waals surface area contributed by atoms with Gasteiger partial charge in [0.15, 0.2) is 6.61 Å². The summed E-state index contributed by atoms with van der Waals surface area (Å²) in [7, 11) is 0. The molecular weight excluding hydrogens is 352 g/mol. The summed E-state index contributed by atoms with van der Waals surface area (Å²) < 4.78 is 5.12. The third-order valence-corrected chi connectivity index (χ3v) is 5.24. The fourth-order valence-corrected chi connectivity index (χ4v) is 3.98. The van der Waals surface area contributed by atoms with E-state index in [1.54, 1.807) is 24.3 Å². The van der Waals surface area contributed by atoms with Crippen molar-refractivity contribution in [3.63, 3.8) is 0 Å². The van der Waals surface area contributed by atoms with Crippen molar-refractivity contribution in [2.75, 3.05) is 17.2 Å². The highest BCUT2D eigenvalue weighted by molar-refractivity contribution is 7.14. The van der Waals surface area contributed by atoms with Gasteiger partial charge in [0.25, 0.3) is 5.91 Å². The molecule has 1 aromatic carbocycles. The van der Waals surface area contributed by atoms with E-state index in [9.17, 15) is 14.4 Å². The minimum Gasteiger partial charge on any atom is -0.451 e. The minimum absolute atomic E-state index is 0.163. The molecule has 1 aliphatic rings. The Morgan fingerprint density at radius 3 is 2.35 bits per heavy atom. The van der Waals surface area contributed by atoms with Crippen molar-refractivity contribution < 1.29 is 19.1 Å². The Morgan fingerprint density at radius 2 is 1.69 bits per heavy atom. The summed E-state index contributed by atoms with van der Waals surface area (Å²) in [6.45, 7) is 1.09. The van der Waals surface area contributed by atoms with E-state index in [-0.39, 0.29) is 12.5 Å². The first-order chi connectivity index (χ1) is 12.5. The number of rotatable bonds is 5. The van der Waals surface area contributed by atoms with Crippen LogP contribution in [-0.4, -0.2) is 24.4 Å². The number of fused-ring (bicyclic) bond motifs is 1. The molecule has 0 spiro atoms. The number of benzene rings is 1. The van der Waals surface area contributed by atoms with Crippen LogP contribution in [0.3, 0.4) is 0 Å². The molecule has 1 heterocycles. The van der Waals surface area contributed by atoms with Crippen molar-refractivity contribution in [3.8, 4) is 0 Å². The average molecular weight is 372 g/mol. The maximum Gasteiger partial charge on any atom is 0.348 e. The van der Waals surface area contributed by atoms with E-state index in [4.69, 9.17) is 4.74 Å². The Hall–Kier alpha value is -2.67. The van der Waals surface area contributed by atoms with Gasteiger partial charge in [0, 0.05) is 23.2 Å². The second-order valence-electron chi connectivity index (χ2n) is 6.15. The lowest BCUT2D eigenvalue weighted by atomic mass is 9.99. The number of anilines is 2. The maximum absolute atomic E-state index is 12.1. The molecule has 3 rings (SSSR count). The number of nitrogens with one attached hydrogen (secondary N) is 2. The molecule has 1 aromatic heterocycles. The molecule has 0 atom stereocenters. The molecule has 1 aliphatic carbocycles. The first-order valence-electron chi connectivity index (χ1n) is 8.47. The van der Waals surface area contributed by atoms with E-state index in [0.717, 1.165) is 25.7 Å². The van der Waals surface area contributed by atoms with Crippen molar-refractivity contribution in [2.45, 2.75) is 32.6 Å². The monoisotopic (exact) mass is 372 g/mol. The highest BCUT2D eigenvalue weighted by atomic mass is 32.1. The van der Waals surface area contributed by atoms with E-state index >= 15 is 0 Å². The van der Waals surface area contributed by atoms with Crippen LogP contribution in [0, 0.1) is 0 Å². The van der Waals surface area contributed by atoms with Crippen molar-refractivity contribution in [1.82, 2.24) is 0 Å². The Labute approximate surface area is 155 Å². The lowest BCUT2D eigenvalue weighted by molar-refractivity contribution is -0.119. The third-order valence-electron chi connectivity index (χ3n) is 4.02. The van der Waals surface area contributed by atoms with E-state index in [0.29, 0.717) is 16.3 Å². The summed E-state index contributed by atoms with van der Waals surface area (Å²) in [6.07, 6.45) is 4.34. The van der Waals surface area contributed by atoms with Crippen LogP contribution in [0.25, 0.3) is 0 Å². The van der Waals surface area contributed by atoms with Crippen LogP contribution in [0.2, 0.25) is 0 Å². The van der Waals surface area contributed by atoms with E-state index in [1.165, 1.54) is 28.7 Å². The summed E-state index contributed by atoms with van der Waals surface area (Å²) in [5, 5.41) is 5.30. The van der Waals surface area contributed by atoms with Gasteiger partial charge in [-0.2, -0.15) is 0 Å². The number of hydrogen-bond donors (Lipinski definition) is 2. The van der Waals surface area contributed by atoms with Crippen molar-refractivity contribution >= 4 is 40.5 Å². The number of carbonyl (C=O) groups excluding carboxylic acids is 3. The first kappa shape index (κ1) is 18.1. The van der Waals surface area contributed by atoms with Crippen LogP contribution >= 0.6 is 11.3 Å². The smallest absolute Gasteiger partial charge is 0.348 e. The van der Waals surface area contributed by atoms with Gasteiger partial charge in [-0.15, -0.1) is 11.3 Å². The topological polar surface area (TPSA) is 84.5 Å². The molecule has 26 heavy (non-hydrogen) atoms. The summed E-state index contributed by atoms with van der Waals surface area (Å²) in [6, 6.07) is 8.58.